The minimum atomic E-state index is 0.414. The third-order valence-corrected chi connectivity index (χ3v) is 2.61. The Kier molecular flexibility index (Phi) is 1.92. The number of carbonyl (C=O) groups excluding carboxylic acids is 1. The molecule has 0 saturated carbocycles. The molecule has 0 spiro atoms. The van der Waals surface area contributed by atoms with Crippen molar-refractivity contribution in [3.05, 3.63) is 0 Å². The Morgan fingerprint density at radius 3 is 3.00 bits per heavy atom. The van der Waals surface area contributed by atoms with Crippen molar-refractivity contribution in [3.63, 3.8) is 0 Å². The van der Waals surface area contributed by atoms with Crippen LogP contribution in [0.4, 0.5) is 0 Å². The lowest BCUT2D eigenvalue weighted by molar-refractivity contribution is -0.117. The van der Waals surface area contributed by atoms with Gasteiger partial charge >= 0.3 is 0 Å². The molecule has 0 amide bonds. The van der Waals surface area contributed by atoms with Crippen LogP contribution >= 0.6 is 0 Å². The molecule has 0 aromatic rings. The number of Topliss-reactive ketones (excluding diaryl/α,β-unsaturated/α-hetero) is 1. The van der Waals surface area contributed by atoms with Gasteiger partial charge in [-0.1, -0.05) is 0 Å². The molecular weight excluding hydrogens is 140 g/mol. The Morgan fingerprint density at radius 1 is 1.55 bits per heavy atom. The van der Waals surface area contributed by atoms with Crippen molar-refractivity contribution >= 4 is 5.78 Å². The largest absolute Gasteiger partial charge is 0.315 e. The van der Waals surface area contributed by atoms with Crippen LogP contribution in [0.2, 0.25) is 0 Å². The monoisotopic (exact) mass is 154 g/mol. The molecule has 1 unspecified atom stereocenters. The molecule has 0 aliphatic carbocycles. The normalized spacial score (nSPS) is 33.5. The van der Waals surface area contributed by atoms with Gasteiger partial charge in [0.05, 0.1) is 6.54 Å². The van der Waals surface area contributed by atoms with Gasteiger partial charge in [0.1, 0.15) is 5.78 Å². The van der Waals surface area contributed by atoms with Crippen LogP contribution in [0.5, 0.6) is 0 Å². The van der Waals surface area contributed by atoms with Gasteiger partial charge in [-0.3, -0.25) is 9.69 Å². The maximum Gasteiger partial charge on any atom is 0.148 e. The van der Waals surface area contributed by atoms with Gasteiger partial charge in [-0.25, -0.2) is 0 Å². The van der Waals surface area contributed by atoms with E-state index >= 15 is 0 Å². The second kappa shape index (κ2) is 2.91. The standard InChI is InChI=1S/C8H14N2O/c11-8-2-4-10(6-8)7-1-3-9-5-7/h7,9H,1-6H2. The first-order chi connectivity index (χ1) is 5.36. The van der Waals surface area contributed by atoms with E-state index in [0.717, 1.165) is 26.1 Å². The molecule has 2 heterocycles. The van der Waals surface area contributed by atoms with E-state index in [2.05, 4.69) is 10.2 Å². The van der Waals surface area contributed by atoms with E-state index in [1.54, 1.807) is 0 Å². The van der Waals surface area contributed by atoms with Crippen LogP contribution in [0.15, 0.2) is 0 Å². The molecule has 11 heavy (non-hydrogen) atoms. The van der Waals surface area contributed by atoms with Crippen molar-refractivity contribution in [3.8, 4) is 0 Å². The van der Waals surface area contributed by atoms with Crippen LogP contribution < -0.4 is 5.32 Å². The van der Waals surface area contributed by atoms with Gasteiger partial charge in [-0.15, -0.1) is 0 Å². The second-order valence-electron chi connectivity index (χ2n) is 3.41. The fourth-order valence-corrected chi connectivity index (χ4v) is 1.92. The SMILES string of the molecule is O=C1CCN(C2CCNC2)C1. The third-order valence-electron chi connectivity index (χ3n) is 2.61. The van der Waals surface area contributed by atoms with Crippen LogP contribution in [-0.4, -0.2) is 42.9 Å². The molecule has 62 valence electrons. The van der Waals surface area contributed by atoms with Gasteiger partial charge in [0.2, 0.25) is 0 Å². The van der Waals surface area contributed by atoms with E-state index in [9.17, 15) is 4.79 Å². The predicted molar refractivity (Wildman–Crippen MR) is 42.5 cm³/mol. The predicted octanol–water partition coefficient (Wildman–Crippen LogP) is -0.377. The highest BCUT2D eigenvalue weighted by Gasteiger charge is 2.27. The minimum Gasteiger partial charge on any atom is -0.315 e. The molecule has 2 aliphatic heterocycles. The first-order valence-electron chi connectivity index (χ1n) is 4.33. The molecule has 3 heteroatoms. The maximum absolute atomic E-state index is 10.9. The van der Waals surface area contributed by atoms with Crippen molar-refractivity contribution in [2.24, 2.45) is 0 Å². The zero-order valence-electron chi connectivity index (χ0n) is 6.68. The molecule has 2 fully saturated rings. The van der Waals surface area contributed by atoms with Crippen LogP contribution in [0.25, 0.3) is 0 Å². The summed E-state index contributed by atoms with van der Waals surface area (Å²) in [6.07, 6.45) is 1.99. The van der Waals surface area contributed by atoms with Crippen LogP contribution in [0, 0.1) is 0 Å². The number of likely N-dealkylation sites (tertiary alicyclic amines) is 1. The van der Waals surface area contributed by atoms with Crippen LogP contribution in [0.1, 0.15) is 12.8 Å². The van der Waals surface area contributed by atoms with Crippen molar-refractivity contribution < 1.29 is 4.79 Å². The number of hydrogen-bond acceptors (Lipinski definition) is 3. The molecule has 1 atom stereocenters. The average molecular weight is 154 g/mol. The fourth-order valence-electron chi connectivity index (χ4n) is 1.92. The number of rotatable bonds is 1. The Hall–Kier alpha value is -0.410. The smallest absolute Gasteiger partial charge is 0.148 e. The molecule has 3 nitrogen and oxygen atoms in total. The summed E-state index contributed by atoms with van der Waals surface area (Å²) in [6.45, 7) is 3.89. The third kappa shape index (κ3) is 1.44. The van der Waals surface area contributed by atoms with Crippen molar-refractivity contribution in [2.75, 3.05) is 26.2 Å². The summed E-state index contributed by atoms with van der Waals surface area (Å²) in [6, 6.07) is 0.640. The summed E-state index contributed by atoms with van der Waals surface area (Å²) in [5.41, 5.74) is 0. The van der Waals surface area contributed by atoms with Gasteiger partial charge in [-0.05, 0) is 13.0 Å². The lowest BCUT2D eigenvalue weighted by Crippen LogP contribution is -2.34. The van der Waals surface area contributed by atoms with E-state index in [1.165, 1.54) is 6.42 Å². The van der Waals surface area contributed by atoms with Gasteiger partial charge in [0.15, 0.2) is 0 Å². The number of nitrogens with zero attached hydrogens (tertiary/aromatic N) is 1. The lowest BCUT2D eigenvalue weighted by atomic mass is 10.2. The number of nitrogens with one attached hydrogen (secondary N) is 1. The zero-order chi connectivity index (χ0) is 7.68. The van der Waals surface area contributed by atoms with E-state index in [1.807, 2.05) is 0 Å². The topological polar surface area (TPSA) is 32.3 Å². The van der Waals surface area contributed by atoms with Crippen molar-refractivity contribution in [2.45, 2.75) is 18.9 Å². The first-order valence-corrected chi connectivity index (χ1v) is 4.33. The summed E-state index contributed by atoms with van der Waals surface area (Å²) in [5.74, 6) is 0.414. The summed E-state index contributed by atoms with van der Waals surface area (Å²) >= 11 is 0. The van der Waals surface area contributed by atoms with Crippen molar-refractivity contribution in [1.82, 2.24) is 10.2 Å². The molecule has 1 N–H and O–H groups in total. The number of hydrogen-bond donors (Lipinski definition) is 1. The highest BCUT2D eigenvalue weighted by molar-refractivity contribution is 5.82. The quantitative estimate of drug-likeness (QED) is 0.559. The average Bonchev–Trinajstić information content (AvgIpc) is 2.55. The molecule has 0 aromatic carbocycles. The summed E-state index contributed by atoms with van der Waals surface area (Å²) in [7, 11) is 0. The zero-order valence-corrected chi connectivity index (χ0v) is 6.68. The molecule has 0 aromatic heterocycles. The van der Waals surface area contributed by atoms with Gasteiger partial charge in [0.25, 0.3) is 0 Å². The van der Waals surface area contributed by atoms with Gasteiger partial charge in [-0.2, -0.15) is 0 Å². The summed E-state index contributed by atoms with van der Waals surface area (Å²) in [5, 5.41) is 3.31. The first kappa shape index (κ1) is 7.25. The molecular formula is C8H14N2O. The molecule has 2 saturated heterocycles. The number of carbonyl (C=O) groups is 1. The summed E-state index contributed by atoms with van der Waals surface area (Å²) in [4.78, 5) is 13.3. The minimum absolute atomic E-state index is 0.414. The van der Waals surface area contributed by atoms with Gasteiger partial charge < -0.3 is 5.32 Å². The Morgan fingerprint density at radius 2 is 2.45 bits per heavy atom. The van der Waals surface area contributed by atoms with Crippen LogP contribution in [-0.2, 0) is 4.79 Å². The molecule has 0 radical (unpaired) electrons. The lowest BCUT2D eigenvalue weighted by Gasteiger charge is -2.20. The Bertz CT molecular complexity index is 163. The van der Waals surface area contributed by atoms with Crippen LogP contribution in [0.3, 0.4) is 0 Å². The molecule has 0 bridgehead atoms. The molecule has 2 rings (SSSR count). The van der Waals surface area contributed by atoms with Crippen molar-refractivity contribution in [1.29, 1.82) is 0 Å². The van der Waals surface area contributed by atoms with E-state index in [0.29, 0.717) is 18.4 Å². The van der Waals surface area contributed by atoms with E-state index in [4.69, 9.17) is 0 Å². The fraction of sp³-hybridized carbons (Fsp3) is 0.875. The second-order valence-corrected chi connectivity index (χ2v) is 3.41. The highest BCUT2D eigenvalue weighted by atomic mass is 16.1. The Balaban J connectivity index is 1.90. The van der Waals surface area contributed by atoms with E-state index in [-0.39, 0.29) is 0 Å². The van der Waals surface area contributed by atoms with Gasteiger partial charge in [0, 0.05) is 25.6 Å². The highest BCUT2D eigenvalue weighted by Crippen LogP contribution is 2.13. The maximum atomic E-state index is 10.9. The number of ketones is 1. The Labute approximate surface area is 66.8 Å². The molecule has 2 aliphatic rings. The summed E-state index contributed by atoms with van der Waals surface area (Å²) < 4.78 is 0. The van der Waals surface area contributed by atoms with E-state index < -0.39 is 0 Å².